The zero-order chi connectivity index (χ0) is 21.6. The van der Waals surface area contributed by atoms with Gasteiger partial charge in [-0.05, 0) is 37.1 Å². The van der Waals surface area contributed by atoms with Crippen molar-refractivity contribution in [2.24, 2.45) is 0 Å². The average Bonchev–Trinajstić information content (AvgIpc) is 3.35. The molecule has 4 rings (SSSR count). The molecule has 2 aliphatic rings. The molecule has 0 atom stereocenters. The summed E-state index contributed by atoms with van der Waals surface area (Å²) in [5, 5.41) is 3.23. The quantitative estimate of drug-likeness (QED) is 0.768. The lowest BCUT2D eigenvalue weighted by atomic mass is 10.2. The summed E-state index contributed by atoms with van der Waals surface area (Å²) in [6, 6.07) is 11.1. The summed E-state index contributed by atoms with van der Waals surface area (Å²) in [7, 11) is 1.61. The second-order valence-corrected chi connectivity index (χ2v) is 7.88. The second-order valence-electron chi connectivity index (χ2n) is 7.88. The Morgan fingerprint density at radius 3 is 2.45 bits per heavy atom. The van der Waals surface area contributed by atoms with Crippen LogP contribution in [0.5, 0.6) is 5.75 Å². The molecule has 0 aliphatic carbocycles. The van der Waals surface area contributed by atoms with Crippen molar-refractivity contribution in [3.63, 3.8) is 0 Å². The summed E-state index contributed by atoms with van der Waals surface area (Å²) < 4.78 is 5.39. The fourth-order valence-electron chi connectivity index (χ4n) is 4.09. The molecular formula is C23H29N5O3. The van der Waals surface area contributed by atoms with Crippen LogP contribution in [0.2, 0.25) is 0 Å². The number of carbonyl (C=O) groups is 2. The van der Waals surface area contributed by atoms with Crippen molar-refractivity contribution in [3.05, 3.63) is 48.2 Å². The monoisotopic (exact) mass is 423 g/mol. The van der Waals surface area contributed by atoms with Crippen LogP contribution >= 0.6 is 0 Å². The van der Waals surface area contributed by atoms with Gasteiger partial charge >= 0.3 is 0 Å². The van der Waals surface area contributed by atoms with Crippen LogP contribution in [0.3, 0.4) is 0 Å². The van der Waals surface area contributed by atoms with Crippen molar-refractivity contribution >= 4 is 23.3 Å². The number of amides is 2. The standard InChI is InChI=1S/C23H29N5O3/c1-31-20-9-3-2-8-19(20)25-22-18(7-6-10-24-22)23(30)28-15-13-26(14-16-28)17-21(29)27-11-4-5-12-27/h2-3,6-10H,4-5,11-17H2,1H3,(H,24,25). The number of nitrogens with zero attached hydrogens (tertiary/aromatic N) is 4. The predicted molar refractivity (Wildman–Crippen MR) is 119 cm³/mol. The number of carbonyl (C=O) groups excluding carboxylic acids is 2. The molecule has 2 fully saturated rings. The number of anilines is 2. The Morgan fingerprint density at radius 2 is 1.71 bits per heavy atom. The lowest BCUT2D eigenvalue weighted by molar-refractivity contribution is -0.131. The number of ether oxygens (including phenoxy) is 1. The maximum atomic E-state index is 13.2. The van der Waals surface area contributed by atoms with E-state index in [0.29, 0.717) is 49.9 Å². The minimum absolute atomic E-state index is 0.0592. The number of methoxy groups -OCH3 is 1. The molecule has 0 spiro atoms. The average molecular weight is 424 g/mol. The molecule has 1 aromatic carbocycles. The fourth-order valence-corrected chi connectivity index (χ4v) is 4.09. The molecule has 0 unspecified atom stereocenters. The smallest absolute Gasteiger partial charge is 0.257 e. The molecule has 2 saturated heterocycles. The number of para-hydroxylation sites is 2. The van der Waals surface area contributed by atoms with Gasteiger partial charge in [-0.15, -0.1) is 0 Å². The normalized spacial score (nSPS) is 16.9. The Balaban J connectivity index is 1.38. The van der Waals surface area contributed by atoms with Gasteiger partial charge in [0.25, 0.3) is 5.91 Å². The van der Waals surface area contributed by atoms with Gasteiger partial charge in [0.15, 0.2) is 0 Å². The molecule has 8 heteroatoms. The van der Waals surface area contributed by atoms with Crippen LogP contribution in [0.1, 0.15) is 23.2 Å². The van der Waals surface area contributed by atoms with E-state index in [1.807, 2.05) is 34.1 Å². The lowest BCUT2D eigenvalue weighted by Gasteiger charge is -2.35. The number of hydrogen-bond acceptors (Lipinski definition) is 6. The van der Waals surface area contributed by atoms with Crippen LogP contribution in [0.4, 0.5) is 11.5 Å². The van der Waals surface area contributed by atoms with Crippen molar-refractivity contribution in [3.8, 4) is 5.75 Å². The van der Waals surface area contributed by atoms with Gasteiger partial charge < -0.3 is 19.9 Å². The van der Waals surface area contributed by atoms with E-state index in [1.165, 1.54) is 0 Å². The molecule has 2 aromatic rings. The summed E-state index contributed by atoms with van der Waals surface area (Å²) in [5.74, 6) is 1.33. The first kappa shape index (κ1) is 21.1. The molecule has 8 nitrogen and oxygen atoms in total. The third kappa shape index (κ3) is 4.96. The van der Waals surface area contributed by atoms with Crippen molar-refractivity contribution in [1.82, 2.24) is 19.7 Å². The number of hydrogen-bond donors (Lipinski definition) is 1. The van der Waals surface area contributed by atoms with Gasteiger partial charge in [0.05, 0.1) is 24.9 Å². The van der Waals surface area contributed by atoms with Crippen LogP contribution in [0.25, 0.3) is 0 Å². The first-order chi connectivity index (χ1) is 15.2. The first-order valence-electron chi connectivity index (χ1n) is 10.8. The van der Waals surface area contributed by atoms with Gasteiger partial charge in [0.2, 0.25) is 5.91 Å². The highest BCUT2D eigenvalue weighted by molar-refractivity contribution is 5.99. The number of nitrogens with one attached hydrogen (secondary N) is 1. The molecule has 0 saturated carbocycles. The van der Waals surface area contributed by atoms with Crippen molar-refractivity contribution in [2.45, 2.75) is 12.8 Å². The molecule has 0 bridgehead atoms. The van der Waals surface area contributed by atoms with Crippen molar-refractivity contribution < 1.29 is 14.3 Å². The fraction of sp³-hybridized carbons (Fsp3) is 0.435. The number of benzene rings is 1. The Labute approximate surface area is 182 Å². The zero-order valence-electron chi connectivity index (χ0n) is 17.9. The van der Waals surface area contributed by atoms with Gasteiger partial charge in [-0.1, -0.05) is 12.1 Å². The summed E-state index contributed by atoms with van der Waals surface area (Å²) in [5.41, 5.74) is 1.28. The van der Waals surface area contributed by atoms with E-state index in [4.69, 9.17) is 4.74 Å². The van der Waals surface area contributed by atoms with Crippen LogP contribution in [-0.4, -0.2) is 84.4 Å². The van der Waals surface area contributed by atoms with Gasteiger partial charge in [0, 0.05) is 45.5 Å². The van der Waals surface area contributed by atoms with Crippen LogP contribution in [-0.2, 0) is 4.79 Å². The molecule has 0 radical (unpaired) electrons. The highest BCUT2D eigenvalue weighted by Gasteiger charge is 2.27. The highest BCUT2D eigenvalue weighted by atomic mass is 16.5. The molecule has 1 N–H and O–H groups in total. The van der Waals surface area contributed by atoms with Gasteiger partial charge in [-0.3, -0.25) is 14.5 Å². The third-order valence-corrected chi connectivity index (χ3v) is 5.88. The number of pyridine rings is 1. The topological polar surface area (TPSA) is 78.0 Å². The first-order valence-corrected chi connectivity index (χ1v) is 10.8. The lowest BCUT2D eigenvalue weighted by Crippen LogP contribution is -2.51. The maximum Gasteiger partial charge on any atom is 0.257 e. The number of rotatable bonds is 6. The number of piperazine rings is 1. The van der Waals surface area contributed by atoms with E-state index in [9.17, 15) is 9.59 Å². The van der Waals surface area contributed by atoms with Gasteiger partial charge in [-0.2, -0.15) is 0 Å². The Morgan fingerprint density at radius 1 is 0.968 bits per heavy atom. The summed E-state index contributed by atoms with van der Waals surface area (Å²) >= 11 is 0. The van der Waals surface area contributed by atoms with Crippen LogP contribution in [0, 0.1) is 0 Å². The third-order valence-electron chi connectivity index (χ3n) is 5.88. The SMILES string of the molecule is COc1ccccc1Nc1ncccc1C(=O)N1CCN(CC(=O)N2CCCC2)CC1. The Kier molecular flexibility index (Phi) is 6.66. The predicted octanol–water partition coefficient (Wildman–Crippen LogP) is 2.21. The second kappa shape index (κ2) is 9.78. The van der Waals surface area contributed by atoms with Crippen molar-refractivity contribution in [1.29, 1.82) is 0 Å². The molecule has 2 amide bonds. The van der Waals surface area contributed by atoms with Crippen LogP contribution in [0.15, 0.2) is 42.6 Å². The van der Waals surface area contributed by atoms with E-state index < -0.39 is 0 Å². The largest absolute Gasteiger partial charge is 0.495 e. The summed E-state index contributed by atoms with van der Waals surface area (Å²) in [6.45, 7) is 4.77. The Hall–Kier alpha value is -3.13. The van der Waals surface area contributed by atoms with Gasteiger partial charge in [-0.25, -0.2) is 4.98 Å². The van der Waals surface area contributed by atoms with Crippen molar-refractivity contribution in [2.75, 3.05) is 58.2 Å². The van der Waals surface area contributed by atoms with E-state index in [2.05, 4.69) is 15.2 Å². The molecular weight excluding hydrogens is 394 g/mol. The summed E-state index contributed by atoms with van der Waals surface area (Å²) in [4.78, 5) is 35.9. The number of likely N-dealkylation sites (tertiary alicyclic amines) is 1. The molecule has 1 aromatic heterocycles. The molecule has 31 heavy (non-hydrogen) atoms. The molecule has 164 valence electrons. The van der Waals surface area contributed by atoms with E-state index in [1.54, 1.807) is 25.4 Å². The molecule has 2 aliphatic heterocycles. The van der Waals surface area contributed by atoms with Crippen LogP contribution < -0.4 is 10.1 Å². The minimum Gasteiger partial charge on any atom is -0.495 e. The minimum atomic E-state index is -0.0592. The number of aromatic nitrogens is 1. The van der Waals surface area contributed by atoms with Gasteiger partial charge in [0.1, 0.15) is 11.6 Å². The van der Waals surface area contributed by atoms with E-state index in [-0.39, 0.29) is 11.8 Å². The van der Waals surface area contributed by atoms with E-state index >= 15 is 0 Å². The Bertz CT molecular complexity index is 921. The summed E-state index contributed by atoms with van der Waals surface area (Å²) in [6.07, 6.45) is 3.87. The highest BCUT2D eigenvalue weighted by Crippen LogP contribution is 2.28. The maximum absolute atomic E-state index is 13.2. The zero-order valence-corrected chi connectivity index (χ0v) is 17.9. The van der Waals surface area contributed by atoms with E-state index in [0.717, 1.165) is 31.6 Å². The molecule has 3 heterocycles.